The molecule has 1 saturated carbocycles. The van der Waals surface area contributed by atoms with Crippen molar-refractivity contribution in [2.24, 2.45) is 0 Å². The van der Waals surface area contributed by atoms with Crippen molar-refractivity contribution >= 4 is 34.1 Å². The number of hydrogen-bond donors (Lipinski definition) is 1. The van der Waals surface area contributed by atoms with Gasteiger partial charge in [-0.1, -0.05) is 55.7 Å². The summed E-state index contributed by atoms with van der Waals surface area (Å²) in [6.45, 7) is 0. The zero-order valence-corrected chi connectivity index (χ0v) is 13.0. The van der Waals surface area contributed by atoms with E-state index in [2.05, 4.69) is 23.5 Å². The molecule has 0 aromatic heterocycles. The van der Waals surface area contributed by atoms with Gasteiger partial charge in [-0.2, -0.15) is 0 Å². The second kappa shape index (κ2) is 6.99. The maximum Gasteiger partial charge on any atom is 0.234 e. The molecule has 0 saturated heterocycles. The summed E-state index contributed by atoms with van der Waals surface area (Å²) in [6, 6.07) is 14.2. The third-order valence-electron chi connectivity index (χ3n) is 4.07. The van der Waals surface area contributed by atoms with Crippen LogP contribution in [0, 0.1) is 0 Å². The normalized spacial score (nSPS) is 16.0. The Kier molecular flexibility index (Phi) is 4.81. The van der Waals surface area contributed by atoms with E-state index in [0.717, 1.165) is 16.5 Å². The Morgan fingerprint density at radius 3 is 2.67 bits per heavy atom. The molecule has 0 spiro atoms. The van der Waals surface area contributed by atoms with Crippen LogP contribution < -0.4 is 5.32 Å². The Morgan fingerprint density at radius 2 is 1.81 bits per heavy atom. The van der Waals surface area contributed by atoms with E-state index in [0.29, 0.717) is 11.0 Å². The lowest BCUT2D eigenvalue weighted by Crippen LogP contribution is -2.18. The highest BCUT2D eigenvalue weighted by atomic mass is 32.2. The molecule has 1 N–H and O–H groups in total. The molecule has 0 heterocycles. The largest absolute Gasteiger partial charge is 0.325 e. The lowest BCUT2D eigenvalue weighted by Gasteiger charge is -2.20. The number of carbonyl (C=O) groups excluding carboxylic acids is 1. The number of hydrogen-bond acceptors (Lipinski definition) is 2. The van der Waals surface area contributed by atoms with Crippen LogP contribution in [0.1, 0.15) is 32.1 Å². The third-order valence-corrected chi connectivity index (χ3v) is 5.44. The fraction of sp³-hybridized carbons (Fsp3) is 0.389. The predicted octanol–water partition coefficient (Wildman–Crippen LogP) is 4.84. The first-order chi connectivity index (χ1) is 10.3. The van der Waals surface area contributed by atoms with Crippen molar-refractivity contribution in [1.29, 1.82) is 0 Å². The molecular weight excluding hydrogens is 278 g/mol. The molecule has 110 valence electrons. The van der Waals surface area contributed by atoms with Crippen molar-refractivity contribution in [3.63, 3.8) is 0 Å². The number of benzene rings is 2. The van der Waals surface area contributed by atoms with Crippen LogP contribution in [0.4, 0.5) is 5.69 Å². The topological polar surface area (TPSA) is 29.1 Å². The first kappa shape index (κ1) is 14.5. The minimum atomic E-state index is 0.113. The molecule has 0 aliphatic heterocycles. The molecule has 3 heteroatoms. The summed E-state index contributed by atoms with van der Waals surface area (Å²) in [4.78, 5) is 12.2. The maximum absolute atomic E-state index is 12.2. The van der Waals surface area contributed by atoms with Gasteiger partial charge in [-0.25, -0.2) is 0 Å². The average Bonchev–Trinajstić information content (AvgIpc) is 2.54. The van der Waals surface area contributed by atoms with Crippen molar-refractivity contribution in [1.82, 2.24) is 0 Å². The van der Waals surface area contributed by atoms with E-state index in [1.165, 1.54) is 32.1 Å². The van der Waals surface area contributed by atoms with Crippen molar-refractivity contribution in [2.45, 2.75) is 37.4 Å². The van der Waals surface area contributed by atoms with Gasteiger partial charge in [0, 0.05) is 16.3 Å². The van der Waals surface area contributed by atoms with Gasteiger partial charge in [-0.05, 0) is 24.3 Å². The van der Waals surface area contributed by atoms with Gasteiger partial charge >= 0.3 is 0 Å². The number of nitrogens with one attached hydrogen (secondary N) is 1. The molecule has 1 fully saturated rings. The number of amides is 1. The first-order valence-electron chi connectivity index (χ1n) is 7.72. The monoisotopic (exact) mass is 299 g/mol. The highest BCUT2D eigenvalue weighted by Gasteiger charge is 2.15. The van der Waals surface area contributed by atoms with Crippen LogP contribution in [-0.4, -0.2) is 16.9 Å². The summed E-state index contributed by atoms with van der Waals surface area (Å²) >= 11 is 1.82. The summed E-state index contributed by atoms with van der Waals surface area (Å²) in [5.41, 5.74) is 0.919. The number of carbonyl (C=O) groups is 1. The number of anilines is 1. The van der Waals surface area contributed by atoms with Gasteiger partial charge in [-0.15, -0.1) is 11.8 Å². The van der Waals surface area contributed by atoms with Crippen LogP contribution in [0.2, 0.25) is 0 Å². The van der Waals surface area contributed by atoms with E-state index < -0.39 is 0 Å². The molecule has 21 heavy (non-hydrogen) atoms. The van der Waals surface area contributed by atoms with Crippen LogP contribution in [0.5, 0.6) is 0 Å². The molecule has 0 radical (unpaired) electrons. The fourth-order valence-corrected chi connectivity index (χ4v) is 4.07. The minimum absolute atomic E-state index is 0.113. The van der Waals surface area contributed by atoms with E-state index in [9.17, 15) is 4.79 Å². The lowest BCUT2D eigenvalue weighted by molar-refractivity contribution is -0.113. The molecule has 2 nitrogen and oxygen atoms in total. The van der Waals surface area contributed by atoms with Gasteiger partial charge in [0.25, 0.3) is 0 Å². The summed E-state index contributed by atoms with van der Waals surface area (Å²) in [6.07, 6.45) is 6.54. The standard InChI is InChI=1S/C18H21NOS/c20-18(13-21-15-9-2-1-3-10-15)19-17-12-6-8-14-7-4-5-11-16(14)17/h4-8,11-12,15H,1-3,9-10,13H2,(H,19,20). The second-order valence-corrected chi connectivity index (χ2v) is 6.93. The van der Waals surface area contributed by atoms with E-state index in [1.54, 1.807) is 0 Å². The van der Waals surface area contributed by atoms with E-state index >= 15 is 0 Å². The molecule has 0 bridgehead atoms. The van der Waals surface area contributed by atoms with Gasteiger partial charge in [0.05, 0.1) is 5.75 Å². The van der Waals surface area contributed by atoms with Crippen molar-refractivity contribution in [2.75, 3.05) is 11.1 Å². The Balaban J connectivity index is 1.61. The van der Waals surface area contributed by atoms with Crippen LogP contribution in [-0.2, 0) is 4.79 Å². The fourth-order valence-electron chi connectivity index (χ4n) is 2.95. The van der Waals surface area contributed by atoms with Crippen molar-refractivity contribution in [3.8, 4) is 0 Å². The Labute approximate surface area is 130 Å². The van der Waals surface area contributed by atoms with Gasteiger partial charge < -0.3 is 5.32 Å². The van der Waals surface area contributed by atoms with Crippen LogP contribution in [0.3, 0.4) is 0 Å². The summed E-state index contributed by atoms with van der Waals surface area (Å²) in [5, 5.41) is 6.01. The van der Waals surface area contributed by atoms with Crippen molar-refractivity contribution in [3.05, 3.63) is 42.5 Å². The quantitative estimate of drug-likeness (QED) is 0.875. The summed E-state index contributed by atoms with van der Waals surface area (Å²) in [5.74, 6) is 0.676. The molecule has 1 aliphatic carbocycles. The second-order valence-electron chi connectivity index (χ2n) is 5.65. The first-order valence-corrected chi connectivity index (χ1v) is 8.77. The zero-order chi connectivity index (χ0) is 14.5. The molecule has 1 aliphatic rings. The van der Waals surface area contributed by atoms with E-state index in [4.69, 9.17) is 0 Å². The predicted molar refractivity (Wildman–Crippen MR) is 91.9 cm³/mol. The Morgan fingerprint density at radius 1 is 1.05 bits per heavy atom. The summed E-state index contributed by atoms with van der Waals surface area (Å²) < 4.78 is 0. The van der Waals surface area contributed by atoms with Crippen molar-refractivity contribution < 1.29 is 4.79 Å². The molecule has 1 amide bonds. The minimum Gasteiger partial charge on any atom is -0.325 e. The molecule has 3 rings (SSSR count). The highest BCUT2D eigenvalue weighted by molar-refractivity contribution is 8.00. The van der Waals surface area contributed by atoms with Gasteiger partial charge in [-0.3, -0.25) is 4.79 Å². The number of fused-ring (bicyclic) bond motifs is 1. The van der Waals surface area contributed by atoms with Crippen LogP contribution in [0.15, 0.2) is 42.5 Å². The highest BCUT2D eigenvalue weighted by Crippen LogP contribution is 2.28. The maximum atomic E-state index is 12.2. The molecule has 0 unspecified atom stereocenters. The van der Waals surface area contributed by atoms with Gasteiger partial charge in [0.15, 0.2) is 0 Å². The molecule has 2 aromatic carbocycles. The number of thioether (sulfide) groups is 1. The lowest BCUT2D eigenvalue weighted by atomic mass is 10.0. The Hall–Kier alpha value is -1.48. The van der Waals surface area contributed by atoms with Crippen LogP contribution in [0.25, 0.3) is 10.8 Å². The zero-order valence-electron chi connectivity index (χ0n) is 12.2. The van der Waals surface area contributed by atoms with Gasteiger partial charge in [0.1, 0.15) is 0 Å². The van der Waals surface area contributed by atoms with Crippen LogP contribution >= 0.6 is 11.8 Å². The number of rotatable bonds is 4. The molecule has 0 atom stereocenters. The Bertz CT molecular complexity index is 614. The van der Waals surface area contributed by atoms with E-state index in [1.807, 2.05) is 36.0 Å². The average molecular weight is 299 g/mol. The molecular formula is C18H21NOS. The van der Waals surface area contributed by atoms with Gasteiger partial charge in [0.2, 0.25) is 5.91 Å². The summed E-state index contributed by atoms with van der Waals surface area (Å²) in [7, 11) is 0. The molecule has 2 aromatic rings. The third kappa shape index (κ3) is 3.79. The SMILES string of the molecule is O=C(CSC1CCCCC1)Nc1cccc2ccccc12. The smallest absolute Gasteiger partial charge is 0.234 e. The van der Waals surface area contributed by atoms with E-state index in [-0.39, 0.29) is 5.91 Å².